The van der Waals surface area contributed by atoms with E-state index in [0.717, 1.165) is 15.8 Å². The van der Waals surface area contributed by atoms with Crippen LogP contribution in [0.2, 0.25) is 0 Å². The Labute approximate surface area is 108 Å². The number of nitrogens with one attached hydrogen (secondary N) is 1. The van der Waals surface area contributed by atoms with Crippen molar-refractivity contribution in [2.24, 2.45) is 5.10 Å². The summed E-state index contributed by atoms with van der Waals surface area (Å²) < 4.78 is 10.6. The van der Waals surface area contributed by atoms with Gasteiger partial charge in [0.15, 0.2) is 0 Å². The topological polar surface area (TPSA) is 59.9 Å². The summed E-state index contributed by atoms with van der Waals surface area (Å²) >= 11 is 3.35. The first-order valence-corrected chi connectivity index (χ1v) is 5.76. The number of methoxy groups -OCH3 is 1. The van der Waals surface area contributed by atoms with Gasteiger partial charge in [0.1, 0.15) is 5.75 Å². The van der Waals surface area contributed by atoms with Gasteiger partial charge in [0.05, 0.1) is 24.4 Å². The van der Waals surface area contributed by atoms with Crippen LogP contribution in [0.5, 0.6) is 5.75 Å². The Morgan fingerprint density at radius 3 is 2.94 bits per heavy atom. The molecule has 0 radical (unpaired) electrons. The lowest BCUT2D eigenvalue weighted by Gasteiger charge is -2.03. The largest absolute Gasteiger partial charge is 0.496 e. The molecule has 1 N–H and O–H groups in total. The Balaban J connectivity index is 2.60. The normalized spacial score (nSPS) is 10.3. The molecule has 1 aromatic carbocycles. The fraction of sp³-hybridized carbons (Fsp3) is 0.273. The Bertz CT molecular complexity index is 421. The smallest absolute Gasteiger partial charge is 0.427 e. The highest BCUT2D eigenvalue weighted by atomic mass is 79.9. The molecule has 0 aliphatic rings. The Kier molecular flexibility index (Phi) is 5.48. The average Bonchev–Trinajstić information content (AvgIpc) is 2.29. The first-order valence-electron chi connectivity index (χ1n) is 4.96. The van der Waals surface area contributed by atoms with Crippen molar-refractivity contribution in [1.29, 1.82) is 0 Å². The Hall–Kier alpha value is -1.56. The molecule has 0 saturated heterocycles. The maximum Gasteiger partial charge on any atom is 0.427 e. The van der Waals surface area contributed by atoms with Crippen molar-refractivity contribution in [2.75, 3.05) is 13.7 Å². The monoisotopic (exact) mass is 300 g/mol. The molecule has 0 fully saturated rings. The number of rotatable bonds is 4. The molecule has 5 nitrogen and oxygen atoms in total. The number of hydrogen-bond donors (Lipinski definition) is 1. The number of carbonyl (C=O) groups excluding carboxylic acids is 1. The molecule has 0 saturated carbocycles. The number of carbonyl (C=O) groups is 1. The third kappa shape index (κ3) is 4.44. The molecular formula is C11H13BrN2O3. The molecule has 0 aliphatic carbocycles. The van der Waals surface area contributed by atoms with E-state index in [1.165, 1.54) is 6.21 Å². The summed E-state index contributed by atoms with van der Waals surface area (Å²) in [6.07, 6.45) is 0.942. The van der Waals surface area contributed by atoms with Gasteiger partial charge in [-0.05, 0) is 46.6 Å². The van der Waals surface area contributed by atoms with Gasteiger partial charge in [-0.3, -0.25) is 0 Å². The van der Waals surface area contributed by atoms with Gasteiger partial charge in [0.2, 0.25) is 0 Å². The van der Waals surface area contributed by atoms with E-state index in [0.29, 0.717) is 6.61 Å². The molecule has 0 unspecified atom stereocenters. The molecule has 0 spiro atoms. The van der Waals surface area contributed by atoms with Crippen LogP contribution in [0.1, 0.15) is 12.5 Å². The second kappa shape index (κ2) is 6.90. The van der Waals surface area contributed by atoms with Crippen LogP contribution in [0.15, 0.2) is 27.8 Å². The van der Waals surface area contributed by atoms with E-state index in [1.54, 1.807) is 20.1 Å². The minimum Gasteiger partial charge on any atom is -0.496 e. The van der Waals surface area contributed by atoms with Gasteiger partial charge < -0.3 is 9.47 Å². The van der Waals surface area contributed by atoms with E-state index in [4.69, 9.17) is 4.74 Å². The number of hydrogen-bond acceptors (Lipinski definition) is 4. The third-order valence-corrected chi connectivity index (χ3v) is 2.44. The predicted molar refractivity (Wildman–Crippen MR) is 68.4 cm³/mol. The highest BCUT2D eigenvalue weighted by molar-refractivity contribution is 9.10. The Morgan fingerprint density at radius 2 is 2.35 bits per heavy atom. The fourth-order valence-corrected chi connectivity index (χ4v) is 1.64. The minimum atomic E-state index is -0.573. The van der Waals surface area contributed by atoms with Gasteiger partial charge in [-0.1, -0.05) is 0 Å². The first kappa shape index (κ1) is 13.5. The van der Waals surface area contributed by atoms with E-state index >= 15 is 0 Å². The van der Waals surface area contributed by atoms with Crippen molar-refractivity contribution >= 4 is 28.2 Å². The second-order valence-electron chi connectivity index (χ2n) is 2.98. The molecule has 6 heteroatoms. The van der Waals surface area contributed by atoms with Crippen molar-refractivity contribution in [1.82, 2.24) is 5.43 Å². The molecule has 0 heterocycles. The molecule has 0 atom stereocenters. The van der Waals surface area contributed by atoms with Crippen molar-refractivity contribution in [3.63, 3.8) is 0 Å². The van der Waals surface area contributed by atoms with Crippen LogP contribution < -0.4 is 10.2 Å². The van der Waals surface area contributed by atoms with E-state index in [1.807, 2.05) is 12.1 Å². The maximum absolute atomic E-state index is 10.9. The van der Waals surface area contributed by atoms with Crippen LogP contribution in [0.25, 0.3) is 0 Å². The highest BCUT2D eigenvalue weighted by Crippen LogP contribution is 2.24. The van der Waals surface area contributed by atoms with E-state index in [9.17, 15) is 4.79 Å². The van der Waals surface area contributed by atoms with Gasteiger partial charge in [0, 0.05) is 0 Å². The molecule has 1 amide bonds. The molecule has 0 aliphatic heterocycles. The summed E-state index contributed by atoms with van der Waals surface area (Å²) in [6, 6.07) is 5.45. The zero-order chi connectivity index (χ0) is 12.7. The summed E-state index contributed by atoms with van der Waals surface area (Å²) in [7, 11) is 1.59. The van der Waals surface area contributed by atoms with Crippen LogP contribution in [0.4, 0.5) is 4.79 Å². The molecule has 92 valence electrons. The summed E-state index contributed by atoms with van der Waals surface area (Å²) in [5.41, 5.74) is 3.07. The van der Waals surface area contributed by atoms with Gasteiger partial charge in [-0.25, -0.2) is 10.2 Å². The zero-order valence-corrected chi connectivity index (χ0v) is 11.2. The van der Waals surface area contributed by atoms with Crippen LogP contribution in [0, 0.1) is 0 Å². The van der Waals surface area contributed by atoms with E-state index < -0.39 is 6.09 Å². The van der Waals surface area contributed by atoms with Crippen molar-refractivity contribution < 1.29 is 14.3 Å². The quantitative estimate of drug-likeness (QED) is 0.686. The summed E-state index contributed by atoms with van der Waals surface area (Å²) in [5.74, 6) is 0.737. The lowest BCUT2D eigenvalue weighted by Crippen LogP contribution is -2.18. The second-order valence-corrected chi connectivity index (χ2v) is 3.84. The average molecular weight is 301 g/mol. The molecule has 0 aromatic heterocycles. The number of hydrazone groups is 1. The lowest BCUT2D eigenvalue weighted by atomic mass is 10.2. The number of ether oxygens (including phenoxy) is 2. The number of amides is 1. The molecular weight excluding hydrogens is 288 g/mol. The van der Waals surface area contributed by atoms with Crippen LogP contribution in [-0.4, -0.2) is 26.0 Å². The van der Waals surface area contributed by atoms with Gasteiger partial charge in [-0.2, -0.15) is 5.10 Å². The number of nitrogens with zero attached hydrogens (tertiary/aromatic N) is 1. The molecule has 0 bridgehead atoms. The summed E-state index contributed by atoms with van der Waals surface area (Å²) in [4.78, 5) is 10.9. The highest BCUT2D eigenvalue weighted by Gasteiger charge is 2.00. The van der Waals surface area contributed by atoms with Crippen molar-refractivity contribution in [3.05, 3.63) is 28.2 Å². The van der Waals surface area contributed by atoms with Gasteiger partial charge in [-0.15, -0.1) is 0 Å². The van der Waals surface area contributed by atoms with E-state index in [-0.39, 0.29) is 0 Å². The fourth-order valence-electron chi connectivity index (χ4n) is 1.09. The molecule has 1 aromatic rings. The lowest BCUT2D eigenvalue weighted by molar-refractivity contribution is 0.152. The van der Waals surface area contributed by atoms with Crippen molar-refractivity contribution in [2.45, 2.75) is 6.92 Å². The Morgan fingerprint density at radius 1 is 1.59 bits per heavy atom. The van der Waals surface area contributed by atoms with Crippen LogP contribution in [0.3, 0.4) is 0 Å². The molecule has 1 rings (SSSR count). The van der Waals surface area contributed by atoms with Crippen LogP contribution >= 0.6 is 15.9 Å². The van der Waals surface area contributed by atoms with Gasteiger partial charge in [0.25, 0.3) is 0 Å². The van der Waals surface area contributed by atoms with Crippen molar-refractivity contribution in [3.8, 4) is 5.75 Å². The van der Waals surface area contributed by atoms with Crippen LogP contribution in [-0.2, 0) is 4.74 Å². The summed E-state index contributed by atoms with van der Waals surface area (Å²) in [6.45, 7) is 2.04. The SMILES string of the molecule is CCOC(=O)N/N=C/c1ccc(OC)c(Br)c1. The maximum atomic E-state index is 10.9. The van der Waals surface area contributed by atoms with Gasteiger partial charge >= 0.3 is 6.09 Å². The predicted octanol–water partition coefficient (Wildman–Crippen LogP) is 2.54. The summed E-state index contributed by atoms with van der Waals surface area (Å²) in [5, 5.41) is 3.75. The third-order valence-electron chi connectivity index (χ3n) is 1.82. The molecule has 17 heavy (non-hydrogen) atoms. The minimum absolute atomic E-state index is 0.315. The number of halogens is 1. The standard InChI is InChI=1S/C11H13BrN2O3/c1-3-17-11(15)14-13-7-8-4-5-10(16-2)9(12)6-8/h4-7H,3H2,1-2H3,(H,14,15)/b13-7+. The first-order chi connectivity index (χ1) is 8.17. The zero-order valence-electron chi connectivity index (χ0n) is 9.57. The number of benzene rings is 1. The van der Waals surface area contributed by atoms with E-state index in [2.05, 4.69) is 31.2 Å².